The van der Waals surface area contributed by atoms with Gasteiger partial charge in [0.2, 0.25) is 0 Å². The molecule has 0 saturated carbocycles. The molecule has 0 fully saturated rings. The zero-order valence-electron chi connectivity index (χ0n) is 15.4. The number of fused-ring (bicyclic) bond motifs is 1. The van der Waals surface area contributed by atoms with Gasteiger partial charge < -0.3 is 10.3 Å². The number of hydrogen-bond donors (Lipinski definition) is 2. The fourth-order valence-electron chi connectivity index (χ4n) is 3.76. The molecule has 132 valence electrons. The molecule has 2 N–H and O–H groups in total. The van der Waals surface area contributed by atoms with Crippen molar-refractivity contribution in [3.05, 3.63) is 65.6 Å². The molecule has 3 aromatic rings. The van der Waals surface area contributed by atoms with E-state index < -0.39 is 0 Å². The van der Waals surface area contributed by atoms with Crippen LogP contribution in [0.1, 0.15) is 41.9 Å². The molecule has 0 spiro atoms. The molecule has 1 aliphatic rings. The van der Waals surface area contributed by atoms with Crippen LogP contribution in [0.25, 0.3) is 11.3 Å². The van der Waals surface area contributed by atoms with Crippen molar-refractivity contribution in [1.29, 1.82) is 0 Å². The summed E-state index contributed by atoms with van der Waals surface area (Å²) in [4.78, 5) is 20.6. The van der Waals surface area contributed by atoms with Gasteiger partial charge in [-0.05, 0) is 42.5 Å². The summed E-state index contributed by atoms with van der Waals surface area (Å²) in [7, 11) is 0. The van der Waals surface area contributed by atoms with E-state index in [-0.39, 0.29) is 11.2 Å². The largest absolute Gasteiger partial charge is 0.356 e. The van der Waals surface area contributed by atoms with Gasteiger partial charge in [-0.1, -0.05) is 32.0 Å². The Balaban J connectivity index is 1.89. The predicted octanol–water partition coefficient (Wildman–Crippen LogP) is 5.28. The number of carbonyl (C=O) groups is 1. The van der Waals surface area contributed by atoms with Crippen LogP contribution < -0.4 is 5.32 Å². The van der Waals surface area contributed by atoms with Crippen LogP contribution in [0.15, 0.2) is 48.8 Å². The highest BCUT2D eigenvalue weighted by Crippen LogP contribution is 2.43. The van der Waals surface area contributed by atoms with Gasteiger partial charge in [0, 0.05) is 35.8 Å². The summed E-state index contributed by atoms with van der Waals surface area (Å²) in [6, 6.07) is 12.1. The molecular weight excluding hydrogens is 322 g/mol. The molecule has 1 aliphatic carbocycles. The molecule has 0 radical (unpaired) electrons. The maximum absolute atomic E-state index is 13.0. The van der Waals surface area contributed by atoms with Gasteiger partial charge in [-0.3, -0.25) is 9.78 Å². The topological polar surface area (TPSA) is 57.8 Å². The minimum Gasteiger partial charge on any atom is -0.356 e. The number of pyridine rings is 1. The Labute approximate surface area is 153 Å². The molecule has 26 heavy (non-hydrogen) atoms. The predicted molar refractivity (Wildman–Crippen MR) is 105 cm³/mol. The maximum atomic E-state index is 13.0. The number of aryl methyl sites for hydroxylation is 1. The number of benzene rings is 1. The number of aromatic nitrogens is 2. The summed E-state index contributed by atoms with van der Waals surface area (Å²) in [6.45, 7) is 6.36. The van der Waals surface area contributed by atoms with Crippen molar-refractivity contribution in [2.24, 2.45) is 5.41 Å². The summed E-state index contributed by atoms with van der Waals surface area (Å²) in [5, 5.41) is 3.53. The standard InChI is InChI=1S/C22H23N3O/c1-14-6-4-5-7-16(14)24-21-19-17(12-22(2,3)13-18(19)26)25-20(21)15-8-10-23-11-9-15/h4-11,24-25H,12-13H2,1-3H3. The lowest BCUT2D eigenvalue weighted by Gasteiger charge is -2.28. The second kappa shape index (κ2) is 6.13. The number of hydrogen-bond acceptors (Lipinski definition) is 3. The molecule has 2 aromatic heterocycles. The van der Waals surface area contributed by atoms with Gasteiger partial charge in [0.1, 0.15) is 0 Å². The van der Waals surface area contributed by atoms with E-state index in [1.807, 2.05) is 30.3 Å². The fraction of sp³-hybridized carbons (Fsp3) is 0.273. The van der Waals surface area contributed by atoms with Crippen molar-refractivity contribution < 1.29 is 4.79 Å². The van der Waals surface area contributed by atoms with Gasteiger partial charge >= 0.3 is 0 Å². The van der Waals surface area contributed by atoms with Gasteiger partial charge in [-0.2, -0.15) is 0 Å². The normalized spacial score (nSPS) is 15.6. The summed E-state index contributed by atoms with van der Waals surface area (Å²) in [6.07, 6.45) is 4.98. The number of nitrogens with zero attached hydrogens (tertiary/aromatic N) is 1. The van der Waals surface area contributed by atoms with E-state index >= 15 is 0 Å². The maximum Gasteiger partial charge on any atom is 0.167 e. The third-order valence-corrected chi connectivity index (χ3v) is 5.02. The number of rotatable bonds is 3. The Hall–Kier alpha value is -2.88. The van der Waals surface area contributed by atoms with E-state index in [2.05, 4.69) is 42.1 Å². The first-order chi connectivity index (χ1) is 12.4. The molecule has 0 aliphatic heterocycles. The Morgan fingerprint density at radius 2 is 1.81 bits per heavy atom. The number of nitrogens with one attached hydrogen (secondary N) is 2. The number of ketones is 1. The molecule has 0 atom stereocenters. The number of anilines is 2. The van der Waals surface area contributed by atoms with Crippen LogP contribution in [0, 0.1) is 12.3 Å². The summed E-state index contributed by atoms with van der Waals surface area (Å²) in [5.74, 6) is 0.198. The van der Waals surface area contributed by atoms with Crippen molar-refractivity contribution in [3.8, 4) is 11.3 Å². The highest BCUT2D eigenvalue weighted by Gasteiger charge is 2.35. The van der Waals surface area contributed by atoms with Crippen LogP contribution >= 0.6 is 0 Å². The summed E-state index contributed by atoms with van der Waals surface area (Å²) >= 11 is 0. The van der Waals surface area contributed by atoms with Crippen LogP contribution in [0.3, 0.4) is 0 Å². The average Bonchev–Trinajstić information content (AvgIpc) is 2.95. The molecule has 0 bridgehead atoms. The Kier molecular flexibility index (Phi) is 3.91. The van der Waals surface area contributed by atoms with Crippen LogP contribution in [-0.4, -0.2) is 15.8 Å². The van der Waals surface area contributed by atoms with Crippen molar-refractivity contribution in [2.75, 3.05) is 5.32 Å². The van der Waals surface area contributed by atoms with Crippen molar-refractivity contribution in [2.45, 2.75) is 33.6 Å². The van der Waals surface area contributed by atoms with E-state index in [1.165, 1.54) is 0 Å². The van der Waals surface area contributed by atoms with Crippen molar-refractivity contribution in [3.63, 3.8) is 0 Å². The first-order valence-corrected chi connectivity index (χ1v) is 8.96. The molecule has 0 amide bonds. The van der Waals surface area contributed by atoms with E-state index in [0.29, 0.717) is 6.42 Å². The van der Waals surface area contributed by atoms with E-state index in [4.69, 9.17) is 0 Å². The quantitative estimate of drug-likeness (QED) is 0.678. The number of carbonyl (C=O) groups excluding carboxylic acids is 1. The van der Waals surface area contributed by atoms with Crippen molar-refractivity contribution >= 4 is 17.2 Å². The summed E-state index contributed by atoms with van der Waals surface area (Å²) < 4.78 is 0. The van der Waals surface area contributed by atoms with Crippen LogP contribution in [-0.2, 0) is 6.42 Å². The minimum absolute atomic E-state index is 0.0234. The molecule has 4 nitrogen and oxygen atoms in total. The molecule has 2 heterocycles. The van der Waals surface area contributed by atoms with Gasteiger partial charge in [-0.25, -0.2) is 0 Å². The van der Waals surface area contributed by atoms with Crippen LogP contribution in [0.5, 0.6) is 0 Å². The number of Topliss-reactive ketones (excluding diaryl/α,β-unsaturated/α-hetero) is 1. The second-order valence-corrected chi connectivity index (χ2v) is 7.85. The van der Waals surface area contributed by atoms with Gasteiger partial charge in [0.15, 0.2) is 5.78 Å². The lowest BCUT2D eigenvalue weighted by Crippen LogP contribution is -2.26. The first-order valence-electron chi connectivity index (χ1n) is 8.96. The fourth-order valence-corrected chi connectivity index (χ4v) is 3.76. The number of para-hydroxylation sites is 1. The highest BCUT2D eigenvalue weighted by molar-refractivity contribution is 6.07. The molecule has 4 rings (SSSR count). The number of H-pyrrole nitrogens is 1. The van der Waals surface area contributed by atoms with E-state index in [0.717, 1.165) is 45.9 Å². The smallest absolute Gasteiger partial charge is 0.167 e. The van der Waals surface area contributed by atoms with Crippen molar-refractivity contribution in [1.82, 2.24) is 9.97 Å². The first kappa shape index (κ1) is 16.6. The second-order valence-electron chi connectivity index (χ2n) is 7.85. The third-order valence-electron chi connectivity index (χ3n) is 5.02. The number of aromatic amines is 1. The Morgan fingerprint density at radius 3 is 2.54 bits per heavy atom. The molecule has 1 aromatic carbocycles. The molecule has 4 heteroatoms. The van der Waals surface area contributed by atoms with E-state index in [9.17, 15) is 4.79 Å². The SMILES string of the molecule is Cc1ccccc1Nc1c(-c2ccncc2)[nH]c2c1C(=O)CC(C)(C)C2. The zero-order chi connectivity index (χ0) is 18.3. The highest BCUT2D eigenvalue weighted by atomic mass is 16.1. The van der Waals surface area contributed by atoms with Gasteiger partial charge in [0.05, 0.1) is 16.9 Å². The zero-order valence-corrected chi connectivity index (χ0v) is 15.4. The third kappa shape index (κ3) is 2.92. The van der Waals surface area contributed by atoms with E-state index in [1.54, 1.807) is 12.4 Å². The molecule has 0 saturated heterocycles. The lowest BCUT2D eigenvalue weighted by atomic mass is 9.76. The monoisotopic (exact) mass is 345 g/mol. The average molecular weight is 345 g/mol. The Morgan fingerprint density at radius 1 is 1.08 bits per heavy atom. The minimum atomic E-state index is -0.0234. The Bertz CT molecular complexity index is 970. The molecular formula is C22H23N3O. The van der Waals surface area contributed by atoms with Gasteiger partial charge in [-0.15, -0.1) is 0 Å². The summed E-state index contributed by atoms with van der Waals surface area (Å²) in [5.41, 5.74) is 6.82. The lowest BCUT2D eigenvalue weighted by molar-refractivity contribution is 0.0912. The van der Waals surface area contributed by atoms with Crippen LogP contribution in [0.4, 0.5) is 11.4 Å². The van der Waals surface area contributed by atoms with Gasteiger partial charge in [0.25, 0.3) is 0 Å². The van der Waals surface area contributed by atoms with Crippen LogP contribution in [0.2, 0.25) is 0 Å². The molecule has 0 unspecified atom stereocenters.